The lowest BCUT2D eigenvalue weighted by atomic mass is 10.1. The zero-order chi connectivity index (χ0) is 17.1. The van der Waals surface area contributed by atoms with Crippen LogP contribution in [0.3, 0.4) is 0 Å². The second-order valence-corrected chi connectivity index (χ2v) is 5.69. The Morgan fingerprint density at radius 3 is 2.62 bits per heavy atom. The van der Waals surface area contributed by atoms with Crippen LogP contribution in [-0.2, 0) is 4.79 Å². The first-order valence-electron chi connectivity index (χ1n) is 7.72. The maximum Gasteiger partial charge on any atom is 0.246 e. The van der Waals surface area contributed by atoms with Crippen molar-refractivity contribution in [1.82, 2.24) is 4.98 Å². The summed E-state index contributed by atoms with van der Waals surface area (Å²) >= 11 is 0. The Balaban J connectivity index is 1.83. The molecule has 3 aromatic rings. The van der Waals surface area contributed by atoms with Crippen LogP contribution < -0.4 is 10.6 Å². The molecule has 0 fully saturated rings. The summed E-state index contributed by atoms with van der Waals surface area (Å²) in [5.41, 5.74) is 2.91. The molecule has 0 aliphatic rings. The van der Waals surface area contributed by atoms with Crippen LogP contribution in [0.15, 0.2) is 54.6 Å². The number of carbonyl (C=O) groups is 1. The molecule has 1 aromatic heterocycles. The molecule has 24 heavy (non-hydrogen) atoms. The Kier molecular flexibility index (Phi) is 4.42. The number of aryl methyl sites for hydroxylation is 1. The molecule has 2 N–H and O–H groups in total. The molecular weight excluding hydrogens is 305 g/mol. The fourth-order valence-corrected chi connectivity index (χ4v) is 2.52. The number of nitrogens with one attached hydrogen (secondary N) is 2. The van der Waals surface area contributed by atoms with Gasteiger partial charge in [-0.25, -0.2) is 4.39 Å². The molecule has 0 radical (unpaired) electrons. The zero-order valence-electron chi connectivity index (χ0n) is 13.5. The minimum atomic E-state index is -0.488. The fourth-order valence-electron chi connectivity index (χ4n) is 2.52. The number of carbonyl (C=O) groups excluding carboxylic acids is 1. The average molecular weight is 323 g/mol. The highest BCUT2D eigenvalue weighted by atomic mass is 19.1. The van der Waals surface area contributed by atoms with Gasteiger partial charge in [0, 0.05) is 22.5 Å². The minimum absolute atomic E-state index is 0.166. The van der Waals surface area contributed by atoms with E-state index in [1.807, 2.05) is 43.3 Å². The third kappa shape index (κ3) is 3.51. The van der Waals surface area contributed by atoms with Crippen molar-refractivity contribution in [3.8, 4) is 0 Å². The molecular formula is C19H18FN3O. The number of amides is 1. The van der Waals surface area contributed by atoms with Crippen LogP contribution in [0.25, 0.3) is 10.9 Å². The second kappa shape index (κ2) is 6.66. The first-order chi connectivity index (χ1) is 11.5. The van der Waals surface area contributed by atoms with E-state index in [2.05, 4.69) is 15.6 Å². The lowest BCUT2D eigenvalue weighted by Gasteiger charge is -2.17. The number of hydrogen-bond acceptors (Lipinski definition) is 3. The van der Waals surface area contributed by atoms with Crippen molar-refractivity contribution in [1.29, 1.82) is 0 Å². The highest BCUT2D eigenvalue weighted by Gasteiger charge is 2.15. The Bertz CT molecular complexity index is 880. The predicted molar refractivity (Wildman–Crippen MR) is 94.6 cm³/mol. The van der Waals surface area contributed by atoms with Crippen molar-refractivity contribution in [3.63, 3.8) is 0 Å². The van der Waals surface area contributed by atoms with E-state index in [9.17, 15) is 9.18 Å². The van der Waals surface area contributed by atoms with Gasteiger partial charge in [0.25, 0.3) is 0 Å². The van der Waals surface area contributed by atoms with Crippen LogP contribution in [0.5, 0.6) is 0 Å². The predicted octanol–water partition coefficient (Wildman–Crippen LogP) is 4.12. The van der Waals surface area contributed by atoms with Gasteiger partial charge in [0.15, 0.2) is 0 Å². The van der Waals surface area contributed by atoms with Gasteiger partial charge >= 0.3 is 0 Å². The summed E-state index contributed by atoms with van der Waals surface area (Å²) in [7, 11) is 0. The smallest absolute Gasteiger partial charge is 0.246 e. The van der Waals surface area contributed by atoms with E-state index >= 15 is 0 Å². The normalized spacial score (nSPS) is 12.0. The summed E-state index contributed by atoms with van der Waals surface area (Å²) in [5, 5.41) is 6.65. The molecule has 0 aliphatic heterocycles. The summed E-state index contributed by atoms with van der Waals surface area (Å²) in [4.78, 5) is 16.7. The lowest BCUT2D eigenvalue weighted by Crippen LogP contribution is -2.32. The zero-order valence-corrected chi connectivity index (χ0v) is 13.5. The maximum absolute atomic E-state index is 13.6. The van der Waals surface area contributed by atoms with Gasteiger partial charge in [0.05, 0.1) is 5.52 Å². The van der Waals surface area contributed by atoms with E-state index in [-0.39, 0.29) is 11.7 Å². The maximum atomic E-state index is 13.6. The standard InChI is InChI=1S/C19H18FN3O/c1-12-10-18(16-11-14(20)8-9-17(16)21-12)22-13(2)19(24)23-15-6-4-3-5-7-15/h3-11,13H,1-2H3,(H,21,22)(H,23,24). The number of halogens is 1. The van der Waals surface area contributed by atoms with Crippen LogP contribution in [-0.4, -0.2) is 16.9 Å². The molecule has 0 spiro atoms. The number of pyridine rings is 1. The van der Waals surface area contributed by atoms with E-state index in [4.69, 9.17) is 0 Å². The molecule has 1 heterocycles. The number of fused-ring (bicyclic) bond motifs is 1. The summed E-state index contributed by atoms with van der Waals surface area (Å²) in [6.07, 6.45) is 0. The Labute approximate surface area is 139 Å². The van der Waals surface area contributed by atoms with Crippen molar-refractivity contribution < 1.29 is 9.18 Å². The molecule has 1 atom stereocenters. The topological polar surface area (TPSA) is 54.0 Å². The van der Waals surface area contributed by atoms with Gasteiger partial charge in [0.1, 0.15) is 11.9 Å². The molecule has 0 saturated carbocycles. The Hall–Kier alpha value is -2.95. The van der Waals surface area contributed by atoms with Crippen LogP contribution in [0.2, 0.25) is 0 Å². The van der Waals surface area contributed by atoms with Crippen molar-refractivity contribution >= 4 is 28.2 Å². The summed E-state index contributed by atoms with van der Waals surface area (Å²) < 4.78 is 13.6. The van der Waals surface area contributed by atoms with Crippen LogP contribution in [0.4, 0.5) is 15.8 Å². The van der Waals surface area contributed by atoms with Gasteiger partial charge in [-0.1, -0.05) is 18.2 Å². The molecule has 0 aliphatic carbocycles. The van der Waals surface area contributed by atoms with Gasteiger partial charge in [-0.05, 0) is 50.2 Å². The number of hydrogen-bond donors (Lipinski definition) is 2. The number of nitrogens with zero attached hydrogens (tertiary/aromatic N) is 1. The number of anilines is 2. The first kappa shape index (κ1) is 15.9. The summed E-state index contributed by atoms with van der Waals surface area (Å²) in [5.74, 6) is -0.502. The van der Waals surface area contributed by atoms with Crippen molar-refractivity contribution in [3.05, 3.63) is 66.1 Å². The van der Waals surface area contributed by atoms with Gasteiger partial charge in [0.2, 0.25) is 5.91 Å². The molecule has 2 aromatic carbocycles. The van der Waals surface area contributed by atoms with E-state index in [0.717, 1.165) is 11.4 Å². The number of rotatable bonds is 4. The van der Waals surface area contributed by atoms with E-state index in [0.29, 0.717) is 16.6 Å². The first-order valence-corrected chi connectivity index (χ1v) is 7.72. The monoisotopic (exact) mass is 323 g/mol. The molecule has 122 valence electrons. The molecule has 3 rings (SSSR count). The van der Waals surface area contributed by atoms with Crippen molar-refractivity contribution in [2.24, 2.45) is 0 Å². The van der Waals surface area contributed by atoms with E-state index < -0.39 is 6.04 Å². The lowest BCUT2D eigenvalue weighted by molar-refractivity contribution is -0.116. The summed E-state index contributed by atoms with van der Waals surface area (Å²) in [6, 6.07) is 15.0. The molecule has 0 saturated heterocycles. The highest BCUT2D eigenvalue weighted by molar-refractivity contribution is 5.98. The molecule has 4 nitrogen and oxygen atoms in total. The molecule has 0 bridgehead atoms. The van der Waals surface area contributed by atoms with Crippen molar-refractivity contribution in [2.45, 2.75) is 19.9 Å². The van der Waals surface area contributed by atoms with E-state index in [1.165, 1.54) is 12.1 Å². The van der Waals surface area contributed by atoms with Gasteiger partial charge in [-0.2, -0.15) is 0 Å². The van der Waals surface area contributed by atoms with Gasteiger partial charge in [-0.15, -0.1) is 0 Å². The number of para-hydroxylation sites is 1. The SMILES string of the molecule is Cc1cc(NC(C)C(=O)Nc2ccccc2)c2cc(F)ccc2n1. The van der Waals surface area contributed by atoms with Gasteiger partial charge in [-0.3, -0.25) is 9.78 Å². The van der Waals surface area contributed by atoms with Crippen LogP contribution in [0.1, 0.15) is 12.6 Å². The minimum Gasteiger partial charge on any atom is -0.373 e. The van der Waals surface area contributed by atoms with Crippen LogP contribution in [0, 0.1) is 12.7 Å². The fraction of sp³-hybridized carbons (Fsp3) is 0.158. The quantitative estimate of drug-likeness (QED) is 0.759. The van der Waals surface area contributed by atoms with Crippen LogP contribution >= 0.6 is 0 Å². The molecule has 1 amide bonds. The Morgan fingerprint density at radius 1 is 1.12 bits per heavy atom. The summed E-state index contributed by atoms with van der Waals surface area (Å²) in [6.45, 7) is 3.63. The Morgan fingerprint density at radius 2 is 1.88 bits per heavy atom. The number of benzene rings is 2. The van der Waals surface area contributed by atoms with E-state index in [1.54, 1.807) is 13.0 Å². The molecule has 1 unspecified atom stereocenters. The average Bonchev–Trinajstić information content (AvgIpc) is 2.56. The highest BCUT2D eigenvalue weighted by Crippen LogP contribution is 2.25. The third-order valence-corrected chi connectivity index (χ3v) is 3.71. The molecule has 5 heteroatoms. The van der Waals surface area contributed by atoms with Crippen molar-refractivity contribution in [2.75, 3.05) is 10.6 Å². The third-order valence-electron chi connectivity index (χ3n) is 3.71. The largest absolute Gasteiger partial charge is 0.373 e. The number of aromatic nitrogens is 1. The van der Waals surface area contributed by atoms with Gasteiger partial charge < -0.3 is 10.6 Å². The second-order valence-electron chi connectivity index (χ2n) is 5.69.